The van der Waals surface area contributed by atoms with E-state index in [1.54, 1.807) is 35.4 Å². The first-order valence-electron chi connectivity index (χ1n) is 10.0. The number of pyridine rings is 1. The number of carbonyl (C=O) groups excluding carboxylic acids is 1. The third-order valence-corrected chi connectivity index (χ3v) is 5.17. The summed E-state index contributed by atoms with van der Waals surface area (Å²) in [5.41, 5.74) is 1.54. The normalized spacial score (nSPS) is 14.3. The molecule has 4 rings (SSSR count). The highest BCUT2D eigenvalue weighted by atomic mass is 16.6. The molecule has 0 saturated carbocycles. The number of aromatic nitrogens is 1. The predicted molar refractivity (Wildman–Crippen MR) is 115 cm³/mol. The van der Waals surface area contributed by atoms with Gasteiger partial charge in [-0.15, -0.1) is 0 Å². The van der Waals surface area contributed by atoms with Crippen LogP contribution in [0.4, 0.5) is 5.69 Å². The van der Waals surface area contributed by atoms with E-state index in [2.05, 4.69) is 9.88 Å². The standard InChI is InChI=1S/C23H22N4O4/c28-23(21-7-4-12-24-22(21)31-20-5-2-1-3-6-20)26-15-13-25(14-16-26)17-18-8-10-19(11-9-18)27(29)30/h1-12H,13-17H2. The van der Waals surface area contributed by atoms with Gasteiger partial charge < -0.3 is 9.64 Å². The Kier molecular flexibility index (Phi) is 6.18. The van der Waals surface area contributed by atoms with E-state index in [4.69, 9.17) is 4.74 Å². The van der Waals surface area contributed by atoms with E-state index in [9.17, 15) is 14.9 Å². The maximum Gasteiger partial charge on any atom is 0.269 e. The first-order valence-corrected chi connectivity index (χ1v) is 10.0. The average Bonchev–Trinajstić information content (AvgIpc) is 2.80. The Morgan fingerprint density at radius 3 is 2.35 bits per heavy atom. The second-order valence-electron chi connectivity index (χ2n) is 7.26. The minimum atomic E-state index is -0.400. The van der Waals surface area contributed by atoms with Crippen LogP contribution in [0.25, 0.3) is 0 Å². The van der Waals surface area contributed by atoms with Crippen LogP contribution >= 0.6 is 0 Å². The molecule has 1 aromatic heterocycles. The zero-order chi connectivity index (χ0) is 21.6. The summed E-state index contributed by atoms with van der Waals surface area (Å²) in [6, 6.07) is 19.3. The lowest BCUT2D eigenvalue weighted by atomic mass is 10.1. The van der Waals surface area contributed by atoms with Gasteiger partial charge in [0.25, 0.3) is 11.6 Å². The number of hydrogen-bond acceptors (Lipinski definition) is 6. The van der Waals surface area contributed by atoms with Crippen molar-refractivity contribution in [3.8, 4) is 11.6 Å². The fourth-order valence-electron chi connectivity index (χ4n) is 3.50. The van der Waals surface area contributed by atoms with Gasteiger partial charge >= 0.3 is 0 Å². The zero-order valence-electron chi connectivity index (χ0n) is 16.9. The van der Waals surface area contributed by atoms with Gasteiger partial charge in [0.05, 0.1) is 4.92 Å². The van der Waals surface area contributed by atoms with Crippen LogP contribution in [0.3, 0.4) is 0 Å². The lowest BCUT2D eigenvalue weighted by molar-refractivity contribution is -0.384. The van der Waals surface area contributed by atoms with E-state index in [0.717, 1.165) is 18.7 Å². The molecule has 1 amide bonds. The van der Waals surface area contributed by atoms with Gasteiger partial charge in [-0.1, -0.05) is 30.3 Å². The van der Waals surface area contributed by atoms with Gasteiger partial charge in [0.1, 0.15) is 11.3 Å². The fraction of sp³-hybridized carbons (Fsp3) is 0.217. The largest absolute Gasteiger partial charge is 0.438 e. The second-order valence-corrected chi connectivity index (χ2v) is 7.26. The maximum atomic E-state index is 13.1. The summed E-state index contributed by atoms with van der Waals surface area (Å²) < 4.78 is 5.83. The van der Waals surface area contributed by atoms with Gasteiger partial charge in [0, 0.05) is 51.1 Å². The number of nitro benzene ring substituents is 1. The topological polar surface area (TPSA) is 88.8 Å². The van der Waals surface area contributed by atoms with E-state index >= 15 is 0 Å². The minimum Gasteiger partial charge on any atom is -0.438 e. The molecule has 0 spiro atoms. The molecule has 0 radical (unpaired) electrons. The molecular weight excluding hydrogens is 396 g/mol. The number of carbonyl (C=O) groups is 1. The van der Waals surface area contributed by atoms with Crippen LogP contribution in [-0.4, -0.2) is 51.8 Å². The maximum absolute atomic E-state index is 13.1. The summed E-state index contributed by atoms with van der Waals surface area (Å²) in [7, 11) is 0. The molecule has 2 heterocycles. The molecule has 2 aromatic carbocycles. The van der Waals surface area contributed by atoms with Crippen LogP contribution in [-0.2, 0) is 6.54 Å². The summed E-state index contributed by atoms with van der Waals surface area (Å²) in [5.74, 6) is 0.823. The number of nitrogens with zero attached hydrogens (tertiary/aromatic N) is 4. The first-order chi connectivity index (χ1) is 15.1. The number of para-hydroxylation sites is 1. The molecule has 8 nitrogen and oxygen atoms in total. The van der Waals surface area contributed by atoms with Gasteiger partial charge in [-0.3, -0.25) is 19.8 Å². The Bertz CT molecular complexity index is 1050. The van der Waals surface area contributed by atoms with Crippen molar-refractivity contribution < 1.29 is 14.5 Å². The third-order valence-electron chi connectivity index (χ3n) is 5.17. The lowest BCUT2D eigenvalue weighted by Gasteiger charge is -2.34. The quantitative estimate of drug-likeness (QED) is 0.448. The average molecular weight is 418 g/mol. The molecule has 1 aliphatic rings. The number of nitro groups is 1. The number of ether oxygens (including phenoxy) is 1. The van der Waals surface area contributed by atoms with Gasteiger partial charge in [0.2, 0.25) is 5.88 Å². The van der Waals surface area contributed by atoms with E-state index < -0.39 is 4.92 Å². The van der Waals surface area contributed by atoms with Crippen molar-refractivity contribution in [3.63, 3.8) is 0 Å². The summed E-state index contributed by atoms with van der Waals surface area (Å²) >= 11 is 0. The van der Waals surface area contributed by atoms with Crippen LogP contribution in [0.1, 0.15) is 15.9 Å². The Morgan fingerprint density at radius 2 is 1.68 bits per heavy atom. The van der Waals surface area contributed by atoms with E-state index in [-0.39, 0.29) is 11.6 Å². The van der Waals surface area contributed by atoms with Crippen molar-refractivity contribution in [2.24, 2.45) is 0 Å². The van der Waals surface area contributed by atoms with Crippen LogP contribution in [0, 0.1) is 10.1 Å². The highest BCUT2D eigenvalue weighted by molar-refractivity contribution is 5.96. The summed E-state index contributed by atoms with van der Waals surface area (Å²) in [4.78, 5) is 31.8. The van der Waals surface area contributed by atoms with Crippen LogP contribution in [0.2, 0.25) is 0 Å². The molecule has 0 unspecified atom stereocenters. The summed E-state index contributed by atoms with van der Waals surface area (Å²) in [6.07, 6.45) is 1.61. The zero-order valence-corrected chi connectivity index (χ0v) is 16.9. The van der Waals surface area contributed by atoms with Gasteiger partial charge in [-0.2, -0.15) is 0 Å². The second kappa shape index (κ2) is 9.36. The van der Waals surface area contributed by atoms with E-state index in [1.807, 2.05) is 30.3 Å². The van der Waals surface area contributed by atoms with E-state index in [0.29, 0.717) is 36.8 Å². The molecule has 1 aliphatic heterocycles. The van der Waals surface area contributed by atoms with Gasteiger partial charge in [-0.05, 0) is 29.8 Å². The minimum absolute atomic E-state index is 0.0872. The Balaban J connectivity index is 1.37. The molecule has 158 valence electrons. The molecule has 1 fully saturated rings. The number of benzene rings is 2. The van der Waals surface area contributed by atoms with Crippen LogP contribution < -0.4 is 4.74 Å². The Morgan fingerprint density at radius 1 is 0.968 bits per heavy atom. The molecular formula is C23H22N4O4. The number of non-ortho nitro benzene ring substituents is 1. The molecule has 0 aliphatic carbocycles. The number of amides is 1. The van der Waals surface area contributed by atoms with Crippen LogP contribution in [0.5, 0.6) is 11.6 Å². The summed E-state index contributed by atoms with van der Waals surface area (Å²) in [6.45, 7) is 3.31. The first kappa shape index (κ1) is 20.5. The monoisotopic (exact) mass is 418 g/mol. The van der Waals surface area contributed by atoms with Crippen LogP contribution in [0.15, 0.2) is 72.9 Å². The highest BCUT2D eigenvalue weighted by Gasteiger charge is 2.25. The molecule has 0 atom stereocenters. The molecule has 3 aromatic rings. The number of rotatable bonds is 6. The Labute approximate surface area is 179 Å². The smallest absolute Gasteiger partial charge is 0.269 e. The van der Waals surface area contributed by atoms with Crippen molar-refractivity contribution in [1.82, 2.24) is 14.8 Å². The lowest BCUT2D eigenvalue weighted by Crippen LogP contribution is -2.48. The predicted octanol–water partition coefficient (Wildman–Crippen LogP) is 3.74. The SMILES string of the molecule is O=C(c1cccnc1Oc1ccccc1)N1CCN(Cc2ccc([N+](=O)[O-])cc2)CC1. The van der Waals surface area contributed by atoms with Gasteiger partial charge in [0.15, 0.2) is 0 Å². The highest BCUT2D eigenvalue weighted by Crippen LogP contribution is 2.24. The van der Waals surface area contributed by atoms with E-state index in [1.165, 1.54) is 12.1 Å². The van der Waals surface area contributed by atoms with Crippen molar-refractivity contribution in [2.45, 2.75) is 6.54 Å². The fourth-order valence-corrected chi connectivity index (χ4v) is 3.50. The molecule has 1 saturated heterocycles. The summed E-state index contributed by atoms with van der Waals surface area (Å²) in [5, 5.41) is 10.8. The molecule has 31 heavy (non-hydrogen) atoms. The van der Waals surface area contributed by atoms with Crippen molar-refractivity contribution in [2.75, 3.05) is 26.2 Å². The molecule has 8 heteroatoms. The van der Waals surface area contributed by atoms with Crippen molar-refractivity contribution >= 4 is 11.6 Å². The number of piperazine rings is 1. The third kappa shape index (κ3) is 5.04. The van der Waals surface area contributed by atoms with Gasteiger partial charge in [-0.25, -0.2) is 4.98 Å². The molecule has 0 bridgehead atoms. The van der Waals surface area contributed by atoms with Crippen molar-refractivity contribution in [3.05, 3.63) is 94.2 Å². The Hall–Kier alpha value is -3.78. The number of hydrogen-bond donors (Lipinski definition) is 0. The molecule has 0 N–H and O–H groups in total. The van der Waals surface area contributed by atoms with Crippen molar-refractivity contribution in [1.29, 1.82) is 0 Å².